The van der Waals surface area contributed by atoms with Crippen LogP contribution < -0.4 is 10.2 Å². The molecule has 148 valence electrons. The third kappa shape index (κ3) is 4.61. The zero-order valence-electron chi connectivity index (χ0n) is 15.8. The number of carbonyl (C=O) groups is 3. The van der Waals surface area contributed by atoms with Crippen molar-refractivity contribution < 1.29 is 23.9 Å². The summed E-state index contributed by atoms with van der Waals surface area (Å²) in [6.45, 7) is 2.49. The van der Waals surface area contributed by atoms with Gasteiger partial charge in [-0.1, -0.05) is 24.6 Å². The van der Waals surface area contributed by atoms with E-state index in [4.69, 9.17) is 21.1 Å². The average Bonchev–Trinajstić information content (AvgIpc) is 2.93. The largest absolute Gasteiger partial charge is 0.465 e. The van der Waals surface area contributed by atoms with Crippen molar-refractivity contribution >= 4 is 35.1 Å². The molecule has 1 aliphatic heterocycles. The van der Waals surface area contributed by atoms with E-state index in [1.165, 1.54) is 31.3 Å². The Morgan fingerprint density at radius 2 is 1.82 bits per heavy atom. The number of halogens is 1. The molecule has 1 aromatic rings. The molecule has 0 fully saturated rings. The number of methoxy groups -OCH3 is 2. The van der Waals surface area contributed by atoms with Crippen LogP contribution in [0.5, 0.6) is 0 Å². The van der Waals surface area contributed by atoms with Gasteiger partial charge in [-0.05, 0) is 36.8 Å². The molecule has 1 amide bonds. The highest BCUT2D eigenvalue weighted by atomic mass is 35.5. The second kappa shape index (κ2) is 9.75. The van der Waals surface area contributed by atoms with Crippen molar-refractivity contribution in [2.75, 3.05) is 25.7 Å². The number of hydrogen-bond donors (Lipinski definition) is 1. The Bertz CT molecular complexity index is 873. The summed E-state index contributed by atoms with van der Waals surface area (Å²) < 4.78 is 9.62. The van der Waals surface area contributed by atoms with Gasteiger partial charge in [-0.25, -0.2) is 9.59 Å². The summed E-state index contributed by atoms with van der Waals surface area (Å²) in [4.78, 5) is 38.2. The number of nitrogens with zero attached hydrogens (tertiary/aromatic N) is 1. The topological polar surface area (TPSA) is 84.9 Å². The molecule has 0 bridgehead atoms. The van der Waals surface area contributed by atoms with Crippen LogP contribution >= 0.6 is 11.6 Å². The molecule has 1 heterocycles. The van der Waals surface area contributed by atoms with Gasteiger partial charge in [-0.15, -0.1) is 0 Å². The SMILES string of the molecule is CCCNC(=O)c1ccc(N2C=CC=CC(C(=O)OC)=C2C(=O)OC)cc1Cl. The number of amides is 1. The third-order valence-electron chi connectivity index (χ3n) is 3.90. The summed E-state index contributed by atoms with van der Waals surface area (Å²) in [5.74, 6) is -1.70. The Labute approximate surface area is 168 Å². The quantitative estimate of drug-likeness (QED) is 0.734. The predicted octanol–water partition coefficient (Wildman–Crippen LogP) is 2.97. The standard InChI is InChI=1S/C20H21ClN2O5/c1-4-10-22-18(24)14-9-8-13(12-16(14)21)23-11-6-5-7-15(19(25)27-2)17(23)20(26)28-3/h5-9,11-12H,4,10H2,1-3H3,(H,22,24). The minimum absolute atomic E-state index is 0.0280. The fourth-order valence-electron chi connectivity index (χ4n) is 2.54. The number of anilines is 1. The van der Waals surface area contributed by atoms with Gasteiger partial charge < -0.3 is 19.7 Å². The third-order valence-corrected chi connectivity index (χ3v) is 4.21. The lowest BCUT2D eigenvalue weighted by atomic mass is 10.1. The number of hydrogen-bond acceptors (Lipinski definition) is 6. The van der Waals surface area contributed by atoms with Crippen molar-refractivity contribution in [1.29, 1.82) is 0 Å². The summed E-state index contributed by atoms with van der Waals surface area (Å²) in [6, 6.07) is 4.72. The molecule has 0 spiro atoms. The second-order valence-electron chi connectivity index (χ2n) is 5.74. The molecule has 1 N–H and O–H groups in total. The maximum Gasteiger partial charge on any atom is 0.355 e. The molecular weight excluding hydrogens is 384 g/mol. The first-order chi connectivity index (χ1) is 13.4. The minimum Gasteiger partial charge on any atom is -0.465 e. The van der Waals surface area contributed by atoms with Crippen LogP contribution in [0.1, 0.15) is 23.7 Å². The van der Waals surface area contributed by atoms with Gasteiger partial charge in [0.2, 0.25) is 0 Å². The van der Waals surface area contributed by atoms with Gasteiger partial charge in [0.1, 0.15) is 5.70 Å². The Morgan fingerprint density at radius 1 is 1.11 bits per heavy atom. The van der Waals surface area contributed by atoms with Crippen LogP contribution in [0.4, 0.5) is 5.69 Å². The van der Waals surface area contributed by atoms with Crippen molar-refractivity contribution in [2.24, 2.45) is 0 Å². The lowest BCUT2D eigenvalue weighted by molar-refractivity contribution is -0.139. The zero-order valence-corrected chi connectivity index (χ0v) is 16.6. The molecule has 1 aliphatic rings. The Hall–Kier alpha value is -3.06. The van der Waals surface area contributed by atoms with Crippen LogP contribution in [0, 0.1) is 0 Å². The first-order valence-corrected chi connectivity index (χ1v) is 8.95. The van der Waals surface area contributed by atoms with E-state index in [2.05, 4.69) is 5.32 Å². The van der Waals surface area contributed by atoms with Crippen LogP contribution in [0.3, 0.4) is 0 Å². The fraction of sp³-hybridized carbons (Fsp3) is 0.250. The summed E-state index contributed by atoms with van der Waals surface area (Å²) in [7, 11) is 2.44. The molecule has 0 aromatic heterocycles. The molecule has 0 saturated heterocycles. The van der Waals surface area contributed by atoms with Crippen LogP contribution in [0.2, 0.25) is 5.02 Å². The van der Waals surface area contributed by atoms with Crippen molar-refractivity contribution in [3.63, 3.8) is 0 Å². The molecule has 28 heavy (non-hydrogen) atoms. The predicted molar refractivity (Wildman–Crippen MR) is 106 cm³/mol. The average molecular weight is 405 g/mol. The molecule has 0 atom stereocenters. The van der Waals surface area contributed by atoms with Gasteiger partial charge in [0, 0.05) is 18.4 Å². The summed E-state index contributed by atoms with van der Waals surface area (Å²) in [6.07, 6.45) is 7.10. The first-order valence-electron chi connectivity index (χ1n) is 8.57. The lowest BCUT2D eigenvalue weighted by Crippen LogP contribution is -2.27. The van der Waals surface area contributed by atoms with Crippen molar-refractivity contribution in [3.8, 4) is 0 Å². The maximum atomic E-state index is 12.4. The van der Waals surface area contributed by atoms with Gasteiger partial charge in [-0.2, -0.15) is 0 Å². The van der Waals surface area contributed by atoms with E-state index in [1.54, 1.807) is 30.5 Å². The van der Waals surface area contributed by atoms with Gasteiger partial charge in [0.15, 0.2) is 0 Å². The molecule has 7 nitrogen and oxygen atoms in total. The number of carbonyl (C=O) groups excluding carboxylic acids is 3. The van der Waals surface area contributed by atoms with E-state index < -0.39 is 11.9 Å². The van der Waals surface area contributed by atoms with Crippen molar-refractivity contribution in [1.82, 2.24) is 5.32 Å². The van der Waals surface area contributed by atoms with E-state index >= 15 is 0 Å². The van der Waals surface area contributed by atoms with Crippen molar-refractivity contribution in [2.45, 2.75) is 13.3 Å². The van der Waals surface area contributed by atoms with E-state index in [-0.39, 0.29) is 22.2 Å². The molecule has 2 rings (SSSR count). The highest BCUT2D eigenvalue weighted by molar-refractivity contribution is 6.34. The smallest absolute Gasteiger partial charge is 0.355 e. The van der Waals surface area contributed by atoms with E-state index in [1.807, 2.05) is 6.92 Å². The molecule has 8 heteroatoms. The number of benzene rings is 1. The molecular formula is C20H21ClN2O5. The van der Waals surface area contributed by atoms with E-state index in [0.29, 0.717) is 17.8 Å². The van der Waals surface area contributed by atoms with Gasteiger partial charge >= 0.3 is 11.9 Å². The molecule has 1 aromatic carbocycles. The molecule has 0 aliphatic carbocycles. The fourth-order valence-corrected chi connectivity index (χ4v) is 2.80. The molecule has 0 unspecified atom stereocenters. The van der Waals surface area contributed by atoms with Crippen LogP contribution in [-0.2, 0) is 19.1 Å². The summed E-state index contributed by atoms with van der Waals surface area (Å²) >= 11 is 6.30. The van der Waals surface area contributed by atoms with Crippen molar-refractivity contribution in [3.05, 3.63) is 64.5 Å². The van der Waals surface area contributed by atoms with Crippen LogP contribution in [0.25, 0.3) is 0 Å². The minimum atomic E-state index is -0.725. The number of allylic oxidation sites excluding steroid dienone is 2. The van der Waals surface area contributed by atoms with Crippen LogP contribution in [-0.4, -0.2) is 38.6 Å². The summed E-state index contributed by atoms with van der Waals surface area (Å²) in [5.41, 5.74) is 0.783. The number of esters is 2. The number of nitrogens with one attached hydrogen (secondary N) is 1. The van der Waals surface area contributed by atoms with E-state index in [0.717, 1.165) is 6.42 Å². The molecule has 0 radical (unpaired) electrons. The van der Waals surface area contributed by atoms with Gasteiger partial charge in [0.05, 0.1) is 30.4 Å². The van der Waals surface area contributed by atoms with Gasteiger partial charge in [-0.3, -0.25) is 4.79 Å². The number of rotatable bonds is 6. The normalized spacial score (nSPS) is 13.2. The lowest BCUT2D eigenvalue weighted by Gasteiger charge is -2.23. The number of ether oxygens (including phenoxy) is 2. The first kappa shape index (κ1) is 21.2. The van der Waals surface area contributed by atoms with E-state index in [9.17, 15) is 14.4 Å². The molecule has 0 saturated carbocycles. The monoisotopic (exact) mass is 404 g/mol. The Morgan fingerprint density at radius 3 is 2.43 bits per heavy atom. The Kier molecular flexibility index (Phi) is 7.40. The van der Waals surface area contributed by atoms with Crippen LogP contribution in [0.15, 0.2) is 53.9 Å². The van der Waals surface area contributed by atoms with Gasteiger partial charge in [0.25, 0.3) is 5.91 Å². The highest BCUT2D eigenvalue weighted by Gasteiger charge is 2.28. The highest BCUT2D eigenvalue weighted by Crippen LogP contribution is 2.30. The Balaban J connectivity index is 2.52. The summed E-state index contributed by atoms with van der Waals surface area (Å²) in [5, 5.41) is 2.97. The maximum absolute atomic E-state index is 12.4. The second-order valence-corrected chi connectivity index (χ2v) is 6.14. The zero-order chi connectivity index (χ0) is 20.7.